The van der Waals surface area contributed by atoms with Gasteiger partial charge in [0.15, 0.2) is 11.5 Å². The van der Waals surface area contributed by atoms with Gasteiger partial charge < -0.3 is 23.8 Å². The quantitative estimate of drug-likeness (QED) is 0.297. The van der Waals surface area contributed by atoms with Gasteiger partial charge in [-0.3, -0.25) is 0 Å². The number of benzene rings is 1. The normalized spacial score (nSPS) is 22.5. The molecule has 0 N–H and O–H groups in total. The van der Waals surface area contributed by atoms with Gasteiger partial charge in [-0.1, -0.05) is 6.08 Å². The van der Waals surface area contributed by atoms with Crippen LogP contribution in [0.5, 0.6) is 11.5 Å². The highest BCUT2D eigenvalue weighted by Crippen LogP contribution is 2.43. The molecule has 31 heavy (non-hydrogen) atoms. The van der Waals surface area contributed by atoms with Crippen LogP contribution in [0.3, 0.4) is 0 Å². The van der Waals surface area contributed by atoms with Crippen molar-refractivity contribution in [2.45, 2.75) is 11.0 Å². The van der Waals surface area contributed by atoms with Crippen molar-refractivity contribution in [3.63, 3.8) is 0 Å². The van der Waals surface area contributed by atoms with E-state index in [9.17, 15) is 4.39 Å². The molecule has 0 spiro atoms. The third-order valence-corrected chi connectivity index (χ3v) is 5.77. The zero-order valence-corrected chi connectivity index (χ0v) is 19.1. The van der Waals surface area contributed by atoms with Crippen molar-refractivity contribution >= 4 is 32.7 Å². The molecule has 1 aromatic heterocycles. The highest BCUT2D eigenvalue weighted by molar-refractivity contribution is 9.10. The van der Waals surface area contributed by atoms with Crippen LogP contribution in [0.15, 0.2) is 42.4 Å². The smallest absolute Gasteiger partial charge is 0.203 e. The van der Waals surface area contributed by atoms with E-state index < -0.39 is 4.58 Å². The maximum atomic E-state index is 14.6. The lowest BCUT2D eigenvalue weighted by Gasteiger charge is -2.26. The van der Waals surface area contributed by atoms with E-state index >= 15 is 0 Å². The molecule has 0 saturated carbocycles. The molecule has 1 aliphatic carbocycles. The average Bonchev–Trinajstić information content (AvgIpc) is 3.15. The zero-order chi connectivity index (χ0) is 21.8. The number of rotatable bonds is 9. The summed E-state index contributed by atoms with van der Waals surface area (Å²) in [5, 5.41) is 0.809. The Kier molecular flexibility index (Phi) is 6.74. The Bertz CT molecular complexity index is 998. The molecule has 2 aliphatic rings. The molecule has 1 aromatic carbocycles. The van der Waals surface area contributed by atoms with Gasteiger partial charge >= 0.3 is 0 Å². The number of hydrogen-bond acceptors (Lipinski definition) is 7. The second-order valence-corrected chi connectivity index (χ2v) is 8.56. The largest absolute Gasteiger partial charge is 0.487 e. The van der Waals surface area contributed by atoms with E-state index in [0.29, 0.717) is 37.9 Å². The van der Waals surface area contributed by atoms with Gasteiger partial charge in [0, 0.05) is 43.8 Å². The fourth-order valence-corrected chi connectivity index (χ4v) is 4.19. The summed E-state index contributed by atoms with van der Waals surface area (Å²) in [6, 6.07) is 3.72. The minimum Gasteiger partial charge on any atom is -0.487 e. The van der Waals surface area contributed by atoms with Gasteiger partial charge in [0.1, 0.15) is 25.4 Å². The Morgan fingerprint density at radius 1 is 1.10 bits per heavy atom. The Morgan fingerprint density at radius 3 is 2.52 bits per heavy atom. The topological polar surface area (TPSA) is 65.9 Å². The first kappa shape index (κ1) is 22.0. The number of ether oxygens (including phenoxy) is 4. The zero-order valence-electron chi connectivity index (χ0n) is 17.5. The Hall–Kier alpha value is -2.23. The first-order valence-corrected chi connectivity index (χ1v) is 10.9. The van der Waals surface area contributed by atoms with Crippen LogP contribution >= 0.6 is 15.9 Å². The van der Waals surface area contributed by atoms with E-state index in [-0.39, 0.29) is 5.92 Å². The fraction of sp³-hybridized carbons (Fsp3) is 0.455. The number of allylic oxidation sites excluding steroid dienone is 3. The number of halogens is 2. The van der Waals surface area contributed by atoms with Crippen LogP contribution in [0.2, 0.25) is 0 Å². The number of fused-ring (bicyclic) bond motifs is 2. The van der Waals surface area contributed by atoms with Crippen molar-refractivity contribution in [2.75, 3.05) is 52.1 Å². The predicted octanol–water partition coefficient (Wildman–Crippen LogP) is 4.02. The molecular formula is C22H25BrFN3O4. The van der Waals surface area contributed by atoms with Crippen LogP contribution < -0.4 is 14.4 Å². The summed E-state index contributed by atoms with van der Waals surface area (Å²) in [5.41, 5.74) is 1.61. The van der Waals surface area contributed by atoms with Crippen molar-refractivity contribution in [1.82, 2.24) is 9.97 Å². The predicted molar refractivity (Wildman–Crippen MR) is 120 cm³/mol. The van der Waals surface area contributed by atoms with Gasteiger partial charge in [-0.15, -0.1) is 0 Å². The Balaban J connectivity index is 1.73. The van der Waals surface area contributed by atoms with Crippen molar-refractivity contribution in [2.24, 2.45) is 5.92 Å². The third kappa shape index (κ3) is 4.83. The molecular weight excluding hydrogens is 469 g/mol. The molecule has 2 unspecified atom stereocenters. The van der Waals surface area contributed by atoms with Gasteiger partial charge in [-0.2, -0.15) is 0 Å². The first-order valence-electron chi connectivity index (χ1n) is 10.1. The molecule has 166 valence electrons. The van der Waals surface area contributed by atoms with Crippen LogP contribution in [0.1, 0.15) is 6.42 Å². The molecule has 2 heterocycles. The number of hydrogen-bond donors (Lipinski definition) is 0. The summed E-state index contributed by atoms with van der Waals surface area (Å²) in [6.45, 7) is 2.41. The summed E-state index contributed by atoms with van der Waals surface area (Å²) >= 11 is 3.12. The van der Waals surface area contributed by atoms with E-state index in [1.807, 2.05) is 18.2 Å². The SMILES string of the molecule is COCCOc1cc2ncnc(N3CCC4C=CC(F)(Br)C=C43)c2cc1OCCOC. The molecule has 2 atom stereocenters. The lowest BCUT2D eigenvalue weighted by molar-refractivity contribution is 0.132. The number of methoxy groups -OCH3 is 2. The first-order chi connectivity index (χ1) is 15.0. The molecule has 1 fully saturated rings. The van der Waals surface area contributed by atoms with Gasteiger partial charge in [0.05, 0.1) is 18.7 Å². The van der Waals surface area contributed by atoms with E-state index in [2.05, 4.69) is 30.8 Å². The third-order valence-electron chi connectivity index (χ3n) is 5.27. The molecule has 2 aromatic rings. The monoisotopic (exact) mass is 493 g/mol. The number of nitrogens with zero attached hydrogens (tertiary/aromatic N) is 3. The van der Waals surface area contributed by atoms with Crippen molar-refractivity contribution in [3.8, 4) is 11.5 Å². The van der Waals surface area contributed by atoms with Gasteiger partial charge in [0.2, 0.25) is 4.58 Å². The highest BCUT2D eigenvalue weighted by atomic mass is 79.9. The van der Waals surface area contributed by atoms with Gasteiger partial charge in [-0.05, 0) is 40.6 Å². The summed E-state index contributed by atoms with van der Waals surface area (Å²) in [7, 11) is 3.24. The average molecular weight is 494 g/mol. The summed E-state index contributed by atoms with van der Waals surface area (Å²) in [6.07, 6.45) is 7.48. The van der Waals surface area contributed by atoms with Crippen LogP contribution in [0.4, 0.5) is 10.2 Å². The standard InChI is InChI=1S/C22H25BrFN3O4/c1-28-7-9-30-19-11-16-17(12-20(19)31-10-8-29-2)25-14-26-21(16)27-6-4-15-3-5-22(23,24)13-18(15)27/h3,5,11-15H,4,6-10H2,1-2H3. The van der Waals surface area contributed by atoms with E-state index in [0.717, 1.165) is 35.4 Å². The number of aromatic nitrogens is 2. The second-order valence-electron chi connectivity index (χ2n) is 7.35. The molecule has 7 nitrogen and oxygen atoms in total. The van der Waals surface area contributed by atoms with Crippen LogP contribution in [0, 0.1) is 5.92 Å². The van der Waals surface area contributed by atoms with Crippen LogP contribution in [0.25, 0.3) is 10.9 Å². The molecule has 4 rings (SSSR count). The molecule has 0 bridgehead atoms. The number of anilines is 1. The van der Waals surface area contributed by atoms with Crippen molar-refractivity contribution in [3.05, 3.63) is 42.4 Å². The molecule has 1 saturated heterocycles. The van der Waals surface area contributed by atoms with E-state index in [1.54, 1.807) is 26.4 Å². The minimum absolute atomic E-state index is 0.167. The number of alkyl halides is 2. The van der Waals surface area contributed by atoms with Crippen LogP contribution in [-0.2, 0) is 9.47 Å². The Morgan fingerprint density at radius 2 is 1.81 bits per heavy atom. The second kappa shape index (κ2) is 9.50. The summed E-state index contributed by atoms with van der Waals surface area (Å²) in [5.74, 6) is 2.04. The lowest BCUT2D eigenvalue weighted by atomic mass is 9.98. The van der Waals surface area contributed by atoms with E-state index in [4.69, 9.17) is 18.9 Å². The summed E-state index contributed by atoms with van der Waals surface area (Å²) in [4.78, 5) is 11.0. The molecule has 1 aliphatic heterocycles. The lowest BCUT2D eigenvalue weighted by Crippen LogP contribution is -2.24. The Labute approximate surface area is 189 Å². The van der Waals surface area contributed by atoms with Gasteiger partial charge in [0.25, 0.3) is 0 Å². The van der Waals surface area contributed by atoms with Crippen molar-refractivity contribution < 1.29 is 23.3 Å². The van der Waals surface area contributed by atoms with Gasteiger partial charge in [-0.25, -0.2) is 14.4 Å². The maximum Gasteiger partial charge on any atom is 0.203 e. The highest BCUT2D eigenvalue weighted by Gasteiger charge is 2.36. The van der Waals surface area contributed by atoms with Crippen molar-refractivity contribution in [1.29, 1.82) is 0 Å². The maximum absolute atomic E-state index is 14.6. The molecule has 0 radical (unpaired) electrons. The van der Waals surface area contributed by atoms with Crippen LogP contribution in [-0.4, -0.2) is 61.7 Å². The molecule has 9 heteroatoms. The molecule has 0 amide bonds. The minimum atomic E-state index is -1.65. The van der Waals surface area contributed by atoms with E-state index in [1.165, 1.54) is 6.33 Å². The fourth-order valence-electron chi connectivity index (χ4n) is 3.80. The summed E-state index contributed by atoms with van der Waals surface area (Å²) < 4.78 is 34.9.